The highest BCUT2D eigenvalue weighted by atomic mass is 35.5. The molecule has 1 aliphatic carbocycles. The van der Waals surface area contributed by atoms with Gasteiger partial charge in [-0.3, -0.25) is 4.98 Å². The molecule has 1 aromatic heterocycles. The second-order valence-corrected chi connectivity index (χ2v) is 6.09. The fourth-order valence-electron chi connectivity index (χ4n) is 2.34. The molecule has 1 fully saturated rings. The Morgan fingerprint density at radius 3 is 2.57 bits per heavy atom. The highest BCUT2D eigenvalue weighted by Crippen LogP contribution is 2.31. The van der Waals surface area contributed by atoms with Gasteiger partial charge in [-0.15, -0.1) is 0 Å². The van der Waals surface area contributed by atoms with E-state index in [9.17, 15) is 0 Å². The number of pyridine rings is 1. The number of hydrogen-bond donors (Lipinski definition) is 1. The quantitative estimate of drug-likeness (QED) is 0.889. The average molecular weight is 303 g/mol. The number of ether oxygens (including phenoxy) is 1. The van der Waals surface area contributed by atoms with Crippen LogP contribution in [0.4, 0.5) is 0 Å². The van der Waals surface area contributed by atoms with Crippen LogP contribution in [0.15, 0.2) is 30.6 Å². The standard InChI is InChI=1S/C17H19ClN2O/c1-11-5-14(18)6-12(2)17(11)21-16-7-13(8-19-10-16)9-20-15-3-4-15/h5-8,10,15,20H,3-4,9H2,1-2H3. The third-order valence-electron chi connectivity index (χ3n) is 3.59. The molecule has 0 spiro atoms. The summed E-state index contributed by atoms with van der Waals surface area (Å²) < 4.78 is 6.01. The van der Waals surface area contributed by atoms with Gasteiger partial charge in [0.1, 0.15) is 11.5 Å². The van der Waals surface area contributed by atoms with Crippen LogP contribution < -0.4 is 10.1 Å². The van der Waals surface area contributed by atoms with Crippen molar-refractivity contribution in [3.8, 4) is 11.5 Å². The summed E-state index contributed by atoms with van der Waals surface area (Å²) in [6, 6.07) is 6.55. The van der Waals surface area contributed by atoms with Crippen LogP contribution in [0.5, 0.6) is 11.5 Å². The summed E-state index contributed by atoms with van der Waals surface area (Å²) in [5, 5.41) is 4.22. The Balaban J connectivity index is 1.76. The van der Waals surface area contributed by atoms with E-state index in [0.717, 1.165) is 39.8 Å². The first-order valence-corrected chi connectivity index (χ1v) is 7.61. The zero-order chi connectivity index (χ0) is 14.8. The lowest BCUT2D eigenvalue weighted by Gasteiger charge is -2.13. The molecule has 0 radical (unpaired) electrons. The van der Waals surface area contributed by atoms with E-state index in [1.165, 1.54) is 12.8 Å². The molecule has 21 heavy (non-hydrogen) atoms. The third-order valence-corrected chi connectivity index (χ3v) is 3.81. The monoisotopic (exact) mass is 302 g/mol. The third kappa shape index (κ3) is 3.74. The normalized spacial score (nSPS) is 14.2. The van der Waals surface area contributed by atoms with E-state index in [1.54, 1.807) is 6.20 Å². The van der Waals surface area contributed by atoms with E-state index < -0.39 is 0 Å². The maximum absolute atomic E-state index is 6.05. The van der Waals surface area contributed by atoms with Crippen molar-refractivity contribution in [3.05, 3.63) is 52.3 Å². The van der Waals surface area contributed by atoms with Crippen molar-refractivity contribution in [2.75, 3.05) is 0 Å². The van der Waals surface area contributed by atoms with Crippen LogP contribution in [0.2, 0.25) is 5.02 Å². The highest BCUT2D eigenvalue weighted by molar-refractivity contribution is 6.30. The van der Waals surface area contributed by atoms with Crippen LogP contribution >= 0.6 is 11.6 Å². The topological polar surface area (TPSA) is 34.1 Å². The van der Waals surface area contributed by atoms with Crippen molar-refractivity contribution in [1.82, 2.24) is 10.3 Å². The summed E-state index contributed by atoms with van der Waals surface area (Å²) >= 11 is 6.05. The number of halogens is 1. The molecule has 0 saturated heterocycles. The molecule has 4 heteroatoms. The van der Waals surface area contributed by atoms with Crippen LogP contribution in [-0.2, 0) is 6.54 Å². The van der Waals surface area contributed by atoms with Crippen molar-refractivity contribution in [1.29, 1.82) is 0 Å². The van der Waals surface area contributed by atoms with E-state index in [0.29, 0.717) is 6.04 Å². The molecule has 3 rings (SSSR count). The molecule has 3 nitrogen and oxygen atoms in total. The summed E-state index contributed by atoms with van der Waals surface area (Å²) in [6.45, 7) is 4.84. The van der Waals surface area contributed by atoms with Crippen molar-refractivity contribution in [2.45, 2.75) is 39.3 Å². The van der Waals surface area contributed by atoms with Gasteiger partial charge in [-0.2, -0.15) is 0 Å². The van der Waals surface area contributed by atoms with E-state index in [-0.39, 0.29) is 0 Å². The summed E-state index contributed by atoms with van der Waals surface area (Å²) in [6.07, 6.45) is 6.19. The molecule has 110 valence electrons. The summed E-state index contributed by atoms with van der Waals surface area (Å²) in [7, 11) is 0. The molecule has 0 unspecified atom stereocenters. The summed E-state index contributed by atoms with van der Waals surface area (Å²) in [4.78, 5) is 4.26. The van der Waals surface area contributed by atoms with Crippen LogP contribution in [0.1, 0.15) is 29.5 Å². The minimum atomic E-state index is 0.690. The zero-order valence-corrected chi connectivity index (χ0v) is 13.1. The van der Waals surface area contributed by atoms with Crippen LogP contribution in [0.3, 0.4) is 0 Å². The molecule has 1 heterocycles. The van der Waals surface area contributed by atoms with Gasteiger partial charge in [0.2, 0.25) is 0 Å². The van der Waals surface area contributed by atoms with Crippen LogP contribution in [0, 0.1) is 13.8 Å². The highest BCUT2D eigenvalue weighted by Gasteiger charge is 2.20. The first-order valence-electron chi connectivity index (χ1n) is 7.24. The Hall–Kier alpha value is -1.58. The first kappa shape index (κ1) is 14.4. The lowest BCUT2D eigenvalue weighted by atomic mass is 10.1. The second-order valence-electron chi connectivity index (χ2n) is 5.65. The van der Waals surface area contributed by atoms with Crippen molar-refractivity contribution in [3.63, 3.8) is 0 Å². The molecule has 1 N–H and O–H groups in total. The Bertz CT molecular complexity index is 630. The Kier molecular flexibility index (Phi) is 4.13. The van der Waals surface area contributed by atoms with E-state index in [4.69, 9.17) is 16.3 Å². The fourth-order valence-corrected chi connectivity index (χ4v) is 2.67. The SMILES string of the molecule is Cc1cc(Cl)cc(C)c1Oc1cncc(CNC2CC2)c1. The summed E-state index contributed by atoms with van der Waals surface area (Å²) in [5.74, 6) is 1.62. The van der Waals surface area contributed by atoms with Gasteiger partial charge in [0.15, 0.2) is 0 Å². The number of aryl methyl sites for hydroxylation is 2. The number of nitrogens with zero attached hydrogens (tertiary/aromatic N) is 1. The molecule has 1 aliphatic rings. The number of benzene rings is 1. The van der Waals surface area contributed by atoms with Crippen LogP contribution in [0.25, 0.3) is 0 Å². The van der Waals surface area contributed by atoms with E-state index in [1.807, 2.05) is 38.2 Å². The second kappa shape index (κ2) is 6.04. The number of hydrogen-bond acceptors (Lipinski definition) is 3. The Morgan fingerprint density at radius 1 is 1.19 bits per heavy atom. The van der Waals surface area contributed by atoms with E-state index in [2.05, 4.69) is 10.3 Å². The number of rotatable bonds is 5. The molecule has 2 aromatic rings. The summed E-state index contributed by atoms with van der Waals surface area (Å²) in [5.41, 5.74) is 3.20. The lowest BCUT2D eigenvalue weighted by molar-refractivity contribution is 0.471. The molecule has 0 amide bonds. The van der Waals surface area contributed by atoms with Gasteiger partial charge in [0, 0.05) is 23.8 Å². The maximum atomic E-state index is 6.05. The lowest BCUT2D eigenvalue weighted by Crippen LogP contribution is -2.15. The smallest absolute Gasteiger partial charge is 0.146 e. The van der Waals surface area contributed by atoms with E-state index >= 15 is 0 Å². The minimum Gasteiger partial charge on any atom is -0.455 e. The maximum Gasteiger partial charge on any atom is 0.146 e. The number of nitrogens with one attached hydrogen (secondary N) is 1. The van der Waals surface area contributed by atoms with Crippen molar-refractivity contribution >= 4 is 11.6 Å². The predicted molar refractivity (Wildman–Crippen MR) is 85.1 cm³/mol. The molecule has 0 bridgehead atoms. The van der Waals surface area contributed by atoms with Gasteiger partial charge in [0.05, 0.1) is 6.20 Å². The van der Waals surface area contributed by atoms with Gasteiger partial charge < -0.3 is 10.1 Å². The number of aromatic nitrogens is 1. The molecule has 0 atom stereocenters. The zero-order valence-electron chi connectivity index (χ0n) is 12.3. The van der Waals surface area contributed by atoms with Gasteiger partial charge >= 0.3 is 0 Å². The van der Waals surface area contributed by atoms with Crippen LogP contribution in [-0.4, -0.2) is 11.0 Å². The predicted octanol–water partition coefficient (Wildman–Crippen LogP) is 4.40. The van der Waals surface area contributed by atoms with Gasteiger partial charge in [-0.05, 0) is 61.6 Å². The largest absolute Gasteiger partial charge is 0.455 e. The molecular weight excluding hydrogens is 284 g/mol. The van der Waals surface area contributed by atoms with Gasteiger partial charge in [-0.1, -0.05) is 11.6 Å². The van der Waals surface area contributed by atoms with Gasteiger partial charge in [-0.25, -0.2) is 0 Å². The van der Waals surface area contributed by atoms with Crippen molar-refractivity contribution in [2.24, 2.45) is 0 Å². The minimum absolute atomic E-state index is 0.690. The molecule has 1 saturated carbocycles. The molecular formula is C17H19ClN2O. The Morgan fingerprint density at radius 2 is 1.90 bits per heavy atom. The van der Waals surface area contributed by atoms with Gasteiger partial charge in [0.25, 0.3) is 0 Å². The molecule has 0 aliphatic heterocycles. The molecule has 1 aromatic carbocycles. The average Bonchev–Trinajstić information content (AvgIpc) is 3.25. The van der Waals surface area contributed by atoms with Crippen molar-refractivity contribution < 1.29 is 4.74 Å². The first-order chi connectivity index (χ1) is 10.1. The fraction of sp³-hybridized carbons (Fsp3) is 0.353. The Labute approximate surface area is 130 Å².